The quantitative estimate of drug-likeness (QED) is 0.631. The Balaban J connectivity index is 3.46. The van der Waals surface area contributed by atoms with E-state index in [1.165, 1.54) is 0 Å². The lowest BCUT2D eigenvalue weighted by Crippen LogP contribution is -1.93. The van der Waals surface area contributed by atoms with Gasteiger partial charge in [0, 0.05) is 5.56 Å². The smallest absolute Gasteiger partial charge is 0.129 e. The minimum absolute atomic E-state index is 0.151. The van der Waals surface area contributed by atoms with Crippen molar-refractivity contribution in [1.29, 1.82) is 0 Å². The van der Waals surface area contributed by atoms with Gasteiger partial charge in [0.15, 0.2) is 0 Å². The van der Waals surface area contributed by atoms with E-state index in [1.807, 2.05) is 0 Å². The average Bonchev–Trinajstić information content (AvgIpc) is 1.97. The van der Waals surface area contributed by atoms with Crippen molar-refractivity contribution in [3.05, 3.63) is 27.5 Å². The third-order valence-corrected chi connectivity index (χ3v) is 2.23. The highest BCUT2D eigenvalue weighted by atomic mass is 35.5. The summed E-state index contributed by atoms with van der Waals surface area (Å²) < 4.78 is 12.8. The summed E-state index contributed by atoms with van der Waals surface area (Å²) in [6, 6.07) is 1.15. The second-order valence-corrected chi connectivity index (χ2v) is 2.98. The molecule has 1 aromatic rings. The van der Waals surface area contributed by atoms with Gasteiger partial charge in [-0.05, 0) is 13.0 Å². The number of rotatable bonds is 0. The predicted molar refractivity (Wildman–Crippen MR) is 45.6 cm³/mol. The van der Waals surface area contributed by atoms with Crippen LogP contribution in [0.25, 0.3) is 0 Å². The van der Waals surface area contributed by atoms with Crippen molar-refractivity contribution in [2.24, 2.45) is 0 Å². The summed E-state index contributed by atoms with van der Waals surface area (Å²) in [6.45, 7) is 1.55. The molecule has 0 fully saturated rings. The van der Waals surface area contributed by atoms with Gasteiger partial charge in [0.05, 0.1) is 15.7 Å². The first-order valence-electron chi connectivity index (χ1n) is 2.93. The zero-order valence-corrected chi connectivity index (χ0v) is 7.30. The molecule has 0 aromatic heterocycles. The summed E-state index contributed by atoms with van der Waals surface area (Å²) in [6.07, 6.45) is 0. The molecule has 0 saturated carbocycles. The van der Waals surface area contributed by atoms with Gasteiger partial charge in [-0.15, -0.1) is 0 Å². The molecule has 0 amide bonds. The lowest BCUT2D eigenvalue weighted by Gasteiger charge is -2.04. The Kier molecular flexibility index (Phi) is 2.25. The molecule has 0 bridgehead atoms. The van der Waals surface area contributed by atoms with Crippen LogP contribution in [0, 0.1) is 12.7 Å². The van der Waals surface area contributed by atoms with Gasteiger partial charge in [-0.25, -0.2) is 4.39 Å². The molecule has 0 aliphatic carbocycles. The van der Waals surface area contributed by atoms with Crippen molar-refractivity contribution in [1.82, 2.24) is 0 Å². The average molecular weight is 194 g/mol. The van der Waals surface area contributed by atoms with Crippen molar-refractivity contribution in [3.8, 4) is 0 Å². The van der Waals surface area contributed by atoms with Crippen LogP contribution in [0.2, 0.25) is 10.0 Å². The number of nitrogen functional groups attached to an aromatic ring is 1. The van der Waals surface area contributed by atoms with Gasteiger partial charge in [-0.1, -0.05) is 23.2 Å². The van der Waals surface area contributed by atoms with Crippen molar-refractivity contribution < 1.29 is 4.39 Å². The summed E-state index contributed by atoms with van der Waals surface area (Å²) in [7, 11) is 0. The van der Waals surface area contributed by atoms with Crippen LogP contribution < -0.4 is 5.73 Å². The maximum absolute atomic E-state index is 12.8. The first-order chi connectivity index (χ1) is 5.04. The molecule has 1 aromatic carbocycles. The summed E-state index contributed by atoms with van der Waals surface area (Å²) in [5.74, 6) is -0.436. The lowest BCUT2D eigenvalue weighted by molar-refractivity contribution is 0.619. The molecule has 1 nitrogen and oxygen atoms in total. The van der Waals surface area contributed by atoms with Gasteiger partial charge in [0.25, 0.3) is 0 Å². The zero-order chi connectivity index (χ0) is 8.59. The maximum Gasteiger partial charge on any atom is 0.129 e. The molecule has 0 heterocycles. The summed E-state index contributed by atoms with van der Waals surface area (Å²) in [4.78, 5) is 0. The highest BCUT2D eigenvalue weighted by Crippen LogP contribution is 2.31. The molecule has 0 atom stereocenters. The van der Waals surface area contributed by atoms with Crippen molar-refractivity contribution in [3.63, 3.8) is 0 Å². The molecular weight excluding hydrogens is 188 g/mol. The molecule has 4 heteroatoms. The Morgan fingerprint density at radius 3 is 2.55 bits per heavy atom. The van der Waals surface area contributed by atoms with Crippen LogP contribution in [0.1, 0.15) is 5.56 Å². The number of hydrogen-bond acceptors (Lipinski definition) is 1. The van der Waals surface area contributed by atoms with Gasteiger partial charge < -0.3 is 5.73 Å². The van der Waals surface area contributed by atoms with Gasteiger partial charge >= 0.3 is 0 Å². The van der Waals surface area contributed by atoms with Crippen molar-refractivity contribution in [2.75, 3.05) is 5.73 Å². The Labute approximate surface area is 73.9 Å². The molecule has 0 radical (unpaired) electrons. The zero-order valence-electron chi connectivity index (χ0n) is 5.79. The molecule has 1 rings (SSSR count). The van der Waals surface area contributed by atoms with Gasteiger partial charge in [0.1, 0.15) is 5.82 Å². The maximum atomic E-state index is 12.8. The number of halogens is 3. The van der Waals surface area contributed by atoms with E-state index in [2.05, 4.69) is 0 Å². The predicted octanol–water partition coefficient (Wildman–Crippen LogP) is 3.02. The Morgan fingerprint density at radius 2 is 2.00 bits per heavy atom. The first kappa shape index (κ1) is 8.62. The van der Waals surface area contributed by atoms with E-state index < -0.39 is 5.82 Å². The van der Waals surface area contributed by atoms with E-state index in [4.69, 9.17) is 28.9 Å². The standard InChI is InChI=1S/C7H6Cl2FN/c1-3-5(10)2-4(8)7(11)6(3)9/h2H,11H2,1H3. The van der Waals surface area contributed by atoms with Crippen LogP contribution in [-0.2, 0) is 0 Å². The van der Waals surface area contributed by atoms with Crippen LogP contribution >= 0.6 is 23.2 Å². The molecule has 2 N–H and O–H groups in total. The summed E-state index contributed by atoms with van der Waals surface area (Å²) >= 11 is 11.2. The van der Waals surface area contributed by atoms with E-state index >= 15 is 0 Å². The Bertz CT molecular complexity index is 273. The normalized spacial score (nSPS) is 10.2. The minimum atomic E-state index is -0.436. The second kappa shape index (κ2) is 2.88. The second-order valence-electron chi connectivity index (χ2n) is 2.19. The van der Waals surface area contributed by atoms with E-state index in [-0.39, 0.29) is 15.7 Å². The molecule has 0 spiro atoms. The summed E-state index contributed by atoms with van der Waals surface area (Å²) in [5, 5.41) is 0.341. The van der Waals surface area contributed by atoms with Crippen molar-refractivity contribution >= 4 is 28.9 Å². The van der Waals surface area contributed by atoms with Crippen LogP contribution in [-0.4, -0.2) is 0 Å². The van der Waals surface area contributed by atoms with E-state index in [9.17, 15) is 4.39 Å². The number of nitrogens with two attached hydrogens (primary N) is 1. The molecule has 0 unspecified atom stereocenters. The minimum Gasteiger partial charge on any atom is -0.396 e. The van der Waals surface area contributed by atoms with Gasteiger partial charge in [0.2, 0.25) is 0 Å². The molecule has 0 aliphatic heterocycles. The third kappa shape index (κ3) is 1.42. The van der Waals surface area contributed by atoms with Crippen LogP contribution in [0.4, 0.5) is 10.1 Å². The Morgan fingerprint density at radius 1 is 1.45 bits per heavy atom. The highest BCUT2D eigenvalue weighted by Gasteiger charge is 2.09. The number of benzene rings is 1. The van der Waals surface area contributed by atoms with Gasteiger partial charge in [-0.3, -0.25) is 0 Å². The molecule has 0 saturated heterocycles. The molecule has 60 valence electrons. The Hall–Kier alpha value is -0.470. The lowest BCUT2D eigenvalue weighted by atomic mass is 10.2. The highest BCUT2D eigenvalue weighted by molar-refractivity contribution is 6.39. The van der Waals surface area contributed by atoms with Crippen LogP contribution in [0.5, 0.6) is 0 Å². The molecule has 11 heavy (non-hydrogen) atoms. The topological polar surface area (TPSA) is 26.0 Å². The van der Waals surface area contributed by atoms with E-state index in [1.54, 1.807) is 6.92 Å². The SMILES string of the molecule is Cc1c(F)cc(Cl)c(N)c1Cl. The van der Waals surface area contributed by atoms with Gasteiger partial charge in [-0.2, -0.15) is 0 Å². The fraction of sp³-hybridized carbons (Fsp3) is 0.143. The molecular formula is C7H6Cl2FN. The fourth-order valence-corrected chi connectivity index (χ4v) is 1.14. The summed E-state index contributed by atoms with van der Waals surface area (Å²) in [5.41, 5.74) is 5.98. The van der Waals surface area contributed by atoms with Crippen molar-refractivity contribution in [2.45, 2.75) is 6.92 Å². The number of anilines is 1. The third-order valence-electron chi connectivity index (χ3n) is 1.43. The van der Waals surface area contributed by atoms with Crippen LogP contribution in [0.3, 0.4) is 0 Å². The molecule has 0 aliphatic rings. The van der Waals surface area contributed by atoms with E-state index in [0.717, 1.165) is 6.07 Å². The largest absolute Gasteiger partial charge is 0.396 e. The number of hydrogen-bond donors (Lipinski definition) is 1. The fourth-order valence-electron chi connectivity index (χ4n) is 0.709. The first-order valence-corrected chi connectivity index (χ1v) is 3.69. The monoisotopic (exact) mass is 193 g/mol. The van der Waals surface area contributed by atoms with Crippen LogP contribution in [0.15, 0.2) is 6.07 Å². The van der Waals surface area contributed by atoms with E-state index in [0.29, 0.717) is 5.56 Å².